The Bertz CT molecular complexity index is 715. The third kappa shape index (κ3) is 5.51. The number of anilines is 1. The van der Waals surface area contributed by atoms with E-state index in [1.54, 1.807) is 7.11 Å². The Balaban J connectivity index is 0.00000261. The highest BCUT2D eigenvalue weighted by molar-refractivity contribution is 14.0. The molecular formula is C20H29IN4OS. The Morgan fingerprint density at radius 2 is 1.93 bits per heavy atom. The Morgan fingerprint density at radius 1 is 1.19 bits per heavy atom. The molecule has 3 rings (SSSR count). The van der Waals surface area contributed by atoms with Gasteiger partial charge in [-0.15, -0.1) is 35.3 Å². The Morgan fingerprint density at radius 3 is 2.56 bits per heavy atom. The van der Waals surface area contributed by atoms with Gasteiger partial charge in [0.1, 0.15) is 5.75 Å². The van der Waals surface area contributed by atoms with Crippen molar-refractivity contribution in [3.8, 4) is 5.75 Å². The number of rotatable bonds is 5. The van der Waals surface area contributed by atoms with Crippen molar-refractivity contribution >= 4 is 47.0 Å². The largest absolute Gasteiger partial charge is 0.495 e. The number of hydrogen-bond donors (Lipinski definition) is 1. The van der Waals surface area contributed by atoms with Crippen molar-refractivity contribution in [2.75, 3.05) is 51.8 Å². The van der Waals surface area contributed by atoms with E-state index in [0.717, 1.165) is 44.4 Å². The lowest BCUT2D eigenvalue weighted by molar-refractivity contribution is 0.366. The average molecular weight is 500 g/mol. The summed E-state index contributed by atoms with van der Waals surface area (Å²) in [4.78, 5) is 10.6. The monoisotopic (exact) mass is 500 g/mol. The van der Waals surface area contributed by atoms with Gasteiger partial charge in [0.2, 0.25) is 0 Å². The van der Waals surface area contributed by atoms with Crippen LogP contribution >= 0.6 is 35.3 Å². The number of guanidine groups is 1. The number of thiophene rings is 1. The van der Waals surface area contributed by atoms with Crippen LogP contribution in [0.15, 0.2) is 46.8 Å². The SMILES string of the molecule is CN=C(NCC(C)c1cccs1)N1CCN(c2ccccc2OC)CC1.I. The van der Waals surface area contributed by atoms with Crippen molar-refractivity contribution in [3.05, 3.63) is 46.7 Å². The fourth-order valence-corrected chi connectivity index (χ4v) is 4.09. The van der Waals surface area contributed by atoms with Gasteiger partial charge in [-0.25, -0.2) is 0 Å². The quantitative estimate of drug-likeness (QED) is 0.385. The number of aliphatic imine (C=N–C) groups is 1. The number of methoxy groups -OCH3 is 1. The maximum Gasteiger partial charge on any atom is 0.193 e. The van der Waals surface area contributed by atoms with Gasteiger partial charge in [-0.1, -0.05) is 25.1 Å². The van der Waals surface area contributed by atoms with Crippen LogP contribution in [0.3, 0.4) is 0 Å². The molecule has 5 nitrogen and oxygen atoms in total. The van der Waals surface area contributed by atoms with Gasteiger partial charge in [-0.2, -0.15) is 0 Å². The molecule has 0 spiro atoms. The third-order valence-corrected chi connectivity index (χ3v) is 5.92. The lowest BCUT2D eigenvalue weighted by Crippen LogP contribution is -2.53. The first-order valence-electron chi connectivity index (χ1n) is 9.10. The van der Waals surface area contributed by atoms with E-state index in [9.17, 15) is 0 Å². The molecule has 0 radical (unpaired) electrons. The first kappa shape index (κ1) is 21.8. The van der Waals surface area contributed by atoms with E-state index in [2.05, 4.69) is 56.7 Å². The number of ether oxygens (including phenoxy) is 1. The summed E-state index contributed by atoms with van der Waals surface area (Å²) in [6, 6.07) is 12.5. The molecule has 0 saturated carbocycles. The normalized spacial score (nSPS) is 15.9. The van der Waals surface area contributed by atoms with Crippen LogP contribution in [0.5, 0.6) is 5.75 Å². The summed E-state index contributed by atoms with van der Waals surface area (Å²) >= 11 is 1.82. The summed E-state index contributed by atoms with van der Waals surface area (Å²) in [5.41, 5.74) is 1.17. The second kappa shape index (κ2) is 10.8. The average Bonchev–Trinajstić information content (AvgIpc) is 3.24. The van der Waals surface area contributed by atoms with Crippen molar-refractivity contribution in [1.29, 1.82) is 0 Å². The minimum Gasteiger partial charge on any atom is -0.495 e. The summed E-state index contributed by atoms with van der Waals surface area (Å²) in [5, 5.41) is 5.68. The zero-order valence-corrected chi connectivity index (χ0v) is 19.4. The van der Waals surface area contributed by atoms with Gasteiger partial charge in [-0.3, -0.25) is 4.99 Å². The molecule has 1 aromatic heterocycles. The number of nitrogens with zero attached hydrogens (tertiary/aromatic N) is 3. The van der Waals surface area contributed by atoms with Crippen molar-refractivity contribution in [1.82, 2.24) is 10.2 Å². The molecule has 0 amide bonds. The molecule has 2 aromatic rings. The van der Waals surface area contributed by atoms with Crippen molar-refractivity contribution in [2.24, 2.45) is 4.99 Å². The molecule has 0 bridgehead atoms. The zero-order chi connectivity index (χ0) is 18.4. The molecule has 1 N–H and O–H groups in total. The predicted molar refractivity (Wildman–Crippen MR) is 126 cm³/mol. The smallest absolute Gasteiger partial charge is 0.193 e. The number of halogens is 1. The first-order valence-corrected chi connectivity index (χ1v) is 9.98. The maximum absolute atomic E-state index is 5.50. The molecule has 0 aliphatic carbocycles. The predicted octanol–water partition coefficient (Wildman–Crippen LogP) is 3.88. The molecule has 1 fully saturated rings. The standard InChI is InChI=1S/C20H28N4OS.HI/c1-16(19-9-6-14-26-19)15-22-20(21-2)24-12-10-23(11-13-24)17-7-4-5-8-18(17)25-3;/h4-9,14,16H,10-13,15H2,1-3H3,(H,21,22);1H. The van der Waals surface area contributed by atoms with Crippen LogP contribution in [-0.2, 0) is 0 Å². The number of nitrogens with one attached hydrogen (secondary N) is 1. The number of benzene rings is 1. The summed E-state index contributed by atoms with van der Waals surface area (Å²) < 4.78 is 5.50. The van der Waals surface area contributed by atoms with E-state index >= 15 is 0 Å². The van der Waals surface area contributed by atoms with E-state index in [0.29, 0.717) is 5.92 Å². The lowest BCUT2D eigenvalue weighted by Gasteiger charge is -2.38. The fraction of sp³-hybridized carbons (Fsp3) is 0.450. The van der Waals surface area contributed by atoms with Crippen molar-refractivity contribution in [2.45, 2.75) is 12.8 Å². The van der Waals surface area contributed by atoms with Crippen molar-refractivity contribution < 1.29 is 4.74 Å². The topological polar surface area (TPSA) is 40.1 Å². The van der Waals surface area contributed by atoms with Gasteiger partial charge in [0, 0.05) is 50.6 Å². The number of piperazine rings is 1. The van der Waals surface area contributed by atoms with Crippen LogP contribution in [-0.4, -0.2) is 57.7 Å². The molecule has 148 valence electrons. The van der Waals surface area contributed by atoms with Gasteiger partial charge in [0.05, 0.1) is 12.8 Å². The van der Waals surface area contributed by atoms with E-state index in [1.165, 1.54) is 10.6 Å². The summed E-state index contributed by atoms with van der Waals surface area (Å²) in [7, 11) is 3.60. The van der Waals surface area contributed by atoms with Crippen LogP contribution in [0.2, 0.25) is 0 Å². The highest BCUT2D eigenvalue weighted by Crippen LogP contribution is 2.28. The highest BCUT2D eigenvalue weighted by Gasteiger charge is 2.22. The van der Waals surface area contributed by atoms with Gasteiger partial charge < -0.3 is 19.9 Å². The molecule has 2 heterocycles. The van der Waals surface area contributed by atoms with Crippen molar-refractivity contribution in [3.63, 3.8) is 0 Å². The lowest BCUT2D eigenvalue weighted by atomic mass is 10.1. The van der Waals surface area contributed by atoms with Crippen LogP contribution in [0.1, 0.15) is 17.7 Å². The Labute approximate surface area is 183 Å². The molecule has 1 unspecified atom stereocenters. The molecule has 1 atom stereocenters. The fourth-order valence-electron chi connectivity index (χ4n) is 3.30. The van der Waals surface area contributed by atoms with Gasteiger partial charge in [0.15, 0.2) is 5.96 Å². The summed E-state index contributed by atoms with van der Waals surface area (Å²) in [6.07, 6.45) is 0. The van der Waals surface area contributed by atoms with Gasteiger partial charge in [0.25, 0.3) is 0 Å². The molecule has 1 aromatic carbocycles. The van der Waals surface area contributed by atoms with E-state index in [4.69, 9.17) is 4.74 Å². The third-order valence-electron chi connectivity index (χ3n) is 4.81. The second-order valence-corrected chi connectivity index (χ2v) is 7.47. The maximum atomic E-state index is 5.50. The summed E-state index contributed by atoms with van der Waals surface area (Å²) in [5.74, 6) is 2.42. The van der Waals surface area contributed by atoms with E-state index in [-0.39, 0.29) is 24.0 Å². The van der Waals surface area contributed by atoms with Gasteiger partial charge >= 0.3 is 0 Å². The first-order chi connectivity index (χ1) is 12.7. The number of para-hydroxylation sites is 2. The minimum atomic E-state index is 0. The Kier molecular flexibility index (Phi) is 8.69. The van der Waals surface area contributed by atoms with E-state index in [1.807, 2.05) is 30.5 Å². The molecule has 1 saturated heterocycles. The van der Waals surface area contributed by atoms with E-state index < -0.39 is 0 Å². The molecule has 1 aliphatic rings. The highest BCUT2D eigenvalue weighted by atomic mass is 127. The zero-order valence-electron chi connectivity index (χ0n) is 16.2. The van der Waals surface area contributed by atoms with Crippen LogP contribution in [0.4, 0.5) is 5.69 Å². The molecule has 27 heavy (non-hydrogen) atoms. The molecule has 7 heteroatoms. The van der Waals surface area contributed by atoms with Crippen LogP contribution in [0, 0.1) is 0 Å². The number of hydrogen-bond acceptors (Lipinski definition) is 4. The molecular weight excluding hydrogens is 471 g/mol. The Hall–Kier alpha value is -1.48. The van der Waals surface area contributed by atoms with Crippen LogP contribution < -0.4 is 15.0 Å². The van der Waals surface area contributed by atoms with Gasteiger partial charge in [-0.05, 0) is 23.6 Å². The molecule has 1 aliphatic heterocycles. The second-order valence-electron chi connectivity index (χ2n) is 6.49. The van der Waals surface area contributed by atoms with Crippen LogP contribution in [0.25, 0.3) is 0 Å². The summed E-state index contributed by atoms with van der Waals surface area (Å²) in [6.45, 7) is 6.98. The minimum absolute atomic E-state index is 0.